The van der Waals surface area contributed by atoms with E-state index in [9.17, 15) is 4.79 Å². The fourth-order valence-corrected chi connectivity index (χ4v) is 6.69. The second-order valence-electron chi connectivity index (χ2n) is 11.6. The van der Waals surface area contributed by atoms with E-state index in [4.69, 9.17) is 37.7 Å². The molecule has 3 aromatic carbocycles. The van der Waals surface area contributed by atoms with Gasteiger partial charge in [0.25, 0.3) is 0 Å². The van der Waals surface area contributed by atoms with Crippen molar-refractivity contribution in [1.29, 1.82) is 0 Å². The number of aryl methyl sites for hydroxylation is 1. The molecule has 40 heavy (non-hydrogen) atoms. The van der Waals surface area contributed by atoms with Gasteiger partial charge in [-0.15, -0.1) is 0 Å². The summed E-state index contributed by atoms with van der Waals surface area (Å²) in [5.74, 6) is -0.0377. The first-order valence-corrected chi connectivity index (χ1v) is 14.9. The van der Waals surface area contributed by atoms with Crippen LogP contribution in [-0.2, 0) is 19.9 Å². The van der Waals surface area contributed by atoms with E-state index in [1.807, 2.05) is 76.2 Å². The Bertz CT molecular complexity index is 1540. The number of carbonyl (C=O) groups is 1. The third-order valence-electron chi connectivity index (χ3n) is 7.15. The van der Waals surface area contributed by atoms with Crippen LogP contribution in [0.3, 0.4) is 0 Å². The number of benzene rings is 3. The molecule has 0 amide bonds. The Labute approximate surface area is 250 Å². The summed E-state index contributed by atoms with van der Waals surface area (Å²) < 4.78 is 13.7. The average Bonchev–Trinajstić information content (AvgIpc) is 3.31. The van der Waals surface area contributed by atoms with E-state index in [1.54, 1.807) is 18.3 Å². The number of nitrogens with zero attached hydrogens (tertiary/aromatic N) is 2. The summed E-state index contributed by atoms with van der Waals surface area (Å²) in [5.41, 5.74) is 4.74. The zero-order valence-electron chi connectivity index (χ0n) is 23.7. The van der Waals surface area contributed by atoms with Crippen LogP contribution in [0, 0.1) is 6.92 Å². The number of hydrogen-bond donors (Lipinski definition) is 0. The van der Waals surface area contributed by atoms with Gasteiger partial charge in [-0.3, -0.25) is 4.79 Å². The van der Waals surface area contributed by atoms with Gasteiger partial charge < -0.3 is 14.4 Å². The average molecular weight is 598 g/mol. The topological polar surface area (TPSA) is 51.7 Å². The third-order valence-corrected chi connectivity index (χ3v) is 8.81. The Morgan fingerprint density at radius 3 is 2.33 bits per heavy atom. The second-order valence-corrected chi connectivity index (χ2v) is 13.4. The van der Waals surface area contributed by atoms with Gasteiger partial charge in [-0.25, -0.2) is 4.98 Å². The van der Waals surface area contributed by atoms with Crippen LogP contribution in [0.5, 0.6) is 0 Å². The Kier molecular flexibility index (Phi) is 8.03. The molecule has 8 heteroatoms. The van der Waals surface area contributed by atoms with Gasteiger partial charge in [-0.05, 0) is 88.6 Å². The van der Waals surface area contributed by atoms with Crippen LogP contribution in [0.25, 0.3) is 21.3 Å². The molecule has 0 saturated carbocycles. The molecule has 1 saturated heterocycles. The number of ether oxygens (including phenoxy) is 2. The number of hydrogen-bond acceptors (Lipinski definition) is 6. The lowest BCUT2D eigenvalue weighted by Gasteiger charge is -2.40. The van der Waals surface area contributed by atoms with E-state index in [2.05, 4.69) is 17.9 Å². The van der Waals surface area contributed by atoms with Crippen LogP contribution in [0.15, 0.2) is 54.6 Å². The second kappa shape index (κ2) is 11.1. The molecule has 0 N–H and O–H groups in total. The van der Waals surface area contributed by atoms with Gasteiger partial charge >= 0.3 is 0 Å². The Morgan fingerprint density at radius 2 is 1.73 bits per heavy atom. The van der Waals surface area contributed by atoms with Gasteiger partial charge in [-0.2, -0.15) is 0 Å². The van der Waals surface area contributed by atoms with E-state index in [-0.39, 0.29) is 5.78 Å². The SMILES string of the molecule is CC(=O)[C@@H](OC(C)(C)C)c1c(C)cc2nc(N3CCOC(C)(c4ccc(Cl)cc4)C3)sc2c1-c1ccc(Cl)cc1. The monoisotopic (exact) mass is 596 g/mol. The number of Topliss-reactive ketones (excluding diaryl/α,β-unsaturated/α-hetero) is 1. The summed E-state index contributed by atoms with van der Waals surface area (Å²) in [7, 11) is 0. The van der Waals surface area contributed by atoms with Crippen molar-refractivity contribution in [2.24, 2.45) is 0 Å². The standard InChI is InChI=1S/C32H34Cl2N2O3S/c1-19-17-25-29(27(21-7-11-23(33)12-8-21)26(19)28(20(2)37)39-31(3,4)5)40-30(35-25)36-15-16-38-32(6,18-36)22-9-13-24(34)14-10-22/h7-14,17,28H,15-16,18H2,1-6H3/t28-,32?/m1/s1. The summed E-state index contributed by atoms with van der Waals surface area (Å²) >= 11 is 14.0. The Balaban J connectivity index is 1.65. The minimum atomic E-state index is -0.711. The molecule has 5 nitrogen and oxygen atoms in total. The molecule has 1 fully saturated rings. The largest absolute Gasteiger partial charge is 0.367 e. The van der Waals surface area contributed by atoms with Crippen LogP contribution >= 0.6 is 34.5 Å². The fraction of sp³-hybridized carbons (Fsp3) is 0.375. The maximum atomic E-state index is 13.0. The highest BCUT2D eigenvalue weighted by Gasteiger charge is 2.36. The van der Waals surface area contributed by atoms with Gasteiger partial charge in [0, 0.05) is 27.7 Å². The summed E-state index contributed by atoms with van der Waals surface area (Å²) in [4.78, 5) is 20.4. The predicted molar refractivity (Wildman–Crippen MR) is 166 cm³/mol. The maximum absolute atomic E-state index is 13.0. The lowest BCUT2D eigenvalue weighted by Crippen LogP contribution is -2.48. The smallest absolute Gasteiger partial charge is 0.186 e. The normalized spacial score (nSPS) is 18.8. The lowest BCUT2D eigenvalue weighted by molar-refractivity contribution is -0.138. The molecule has 0 aliphatic carbocycles. The molecule has 2 atom stereocenters. The molecule has 0 bridgehead atoms. The molecule has 5 rings (SSSR count). The fourth-order valence-electron chi connectivity index (χ4n) is 5.28. The number of anilines is 1. The number of rotatable bonds is 6. The number of carbonyl (C=O) groups excluding carboxylic acids is 1. The first kappa shape index (κ1) is 29.0. The zero-order valence-corrected chi connectivity index (χ0v) is 26.0. The van der Waals surface area contributed by atoms with E-state index in [0.29, 0.717) is 23.2 Å². The van der Waals surface area contributed by atoms with E-state index in [0.717, 1.165) is 49.7 Å². The molecule has 1 aliphatic rings. The predicted octanol–water partition coefficient (Wildman–Crippen LogP) is 8.78. The quantitative estimate of drug-likeness (QED) is 0.222. The van der Waals surface area contributed by atoms with Gasteiger partial charge in [0.05, 0.1) is 29.0 Å². The number of morpholine rings is 1. The molecule has 0 radical (unpaired) electrons. The molecule has 1 aromatic heterocycles. The molecule has 210 valence electrons. The summed E-state index contributed by atoms with van der Waals surface area (Å²) in [6, 6.07) is 17.7. The first-order chi connectivity index (χ1) is 18.8. The van der Waals surface area contributed by atoms with Gasteiger partial charge in [0.1, 0.15) is 11.7 Å². The van der Waals surface area contributed by atoms with Crippen molar-refractivity contribution in [1.82, 2.24) is 4.98 Å². The van der Waals surface area contributed by atoms with Crippen molar-refractivity contribution in [2.75, 3.05) is 24.6 Å². The Morgan fingerprint density at radius 1 is 1.10 bits per heavy atom. The van der Waals surface area contributed by atoms with E-state index in [1.165, 1.54) is 0 Å². The molecule has 1 aliphatic heterocycles. The number of aromatic nitrogens is 1. The molecule has 1 unspecified atom stereocenters. The van der Waals surface area contributed by atoms with Crippen LogP contribution < -0.4 is 4.90 Å². The molecular weight excluding hydrogens is 563 g/mol. The Hall–Kier alpha value is -2.48. The van der Waals surface area contributed by atoms with Crippen molar-refractivity contribution in [3.63, 3.8) is 0 Å². The lowest BCUT2D eigenvalue weighted by atomic mass is 9.90. The number of halogens is 2. The van der Waals surface area contributed by atoms with Crippen molar-refractivity contribution in [2.45, 2.75) is 58.8 Å². The highest BCUT2D eigenvalue weighted by molar-refractivity contribution is 7.22. The number of thiazole rings is 1. The summed E-state index contributed by atoms with van der Waals surface area (Å²) in [6.45, 7) is 13.6. The molecule has 2 heterocycles. The van der Waals surface area contributed by atoms with Crippen molar-refractivity contribution in [3.05, 3.63) is 81.3 Å². The van der Waals surface area contributed by atoms with E-state index >= 15 is 0 Å². The third kappa shape index (κ3) is 5.93. The first-order valence-electron chi connectivity index (χ1n) is 13.4. The van der Waals surface area contributed by atoms with Crippen LogP contribution in [-0.4, -0.2) is 36.1 Å². The maximum Gasteiger partial charge on any atom is 0.186 e. The zero-order chi connectivity index (χ0) is 28.8. The van der Waals surface area contributed by atoms with Crippen LogP contribution in [0.4, 0.5) is 5.13 Å². The molecular formula is C32H34Cl2N2O3S. The van der Waals surface area contributed by atoms with E-state index < -0.39 is 17.3 Å². The van der Waals surface area contributed by atoms with Crippen molar-refractivity contribution < 1.29 is 14.3 Å². The summed E-state index contributed by atoms with van der Waals surface area (Å²) in [5, 5.41) is 2.27. The molecule has 0 spiro atoms. The highest BCUT2D eigenvalue weighted by Crippen LogP contribution is 2.45. The highest BCUT2D eigenvalue weighted by atomic mass is 35.5. The van der Waals surface area contributed by atoms with Gasteiger partial charge in [0.2, 0.25) is 0 Å². The van der Waals surface area contributed by atoms with Crippen LogP contribution in [0.1, 0.15) is 57.4 Å². The number of ketones is 1. The minimum absolute atomic E-state index is 0.0377. The number of fused-ring (bicyclic) bond motifs is 1. The van der Waals surface area contributed by atoms with Crippen LogP contribution in [0.2, 0.25) is 10.0 Å². The van der Waals surface area contributed by atoms with Gasteiger partial charge in [0.15, 0.2) is 10.9 Å². The minimum Gasteiger partial charge on any atom is -0.367 e. The van der Waals surface area contributed by atoms with Crippen molar-refractivity contribution in [3.8, 4) is 11.1 Å². The van der Waals surface area contributed by atoms with Gasteiger partial charge in [-0.1, -0.05) is 58.8 Å². The van der Waals surface area contributed by atoms with Crippen molar-refractivity contribution >= 4 is 55.7 Å². The summed E-state index contributed by atoms with van der Waals surface area (Å²) in [6.07, 6.45) is -0.711. The molecule has 4 aromatic rings.